The van der Waals surface area contributed by atoms with Gasteiger partial charge in [-0.15, -0.1) is 0 Å². The maximum atomic E-state index is 7.75. The lowest BCUT2D eigenvalue weighted by Crippen LogP contribution is -2.10. The highest BCUT2D eigenvalue weighted by atomic mass is 32.1. The molecule has 0 unspecified atom stereocenters. The summed E-state index contributed by atoms with van der Waals surface area (Å²) in [7, 11) is 0. The third-order valence-corrected chi connectivity index (χ3v) is 0.249. The molecule has 0 heterocycles. The van der Waals surface area contributed by atoms with Gasteiger partial charge in [-0.25, -0.2) is 0 Å². The molecule has 0 aliphatic rings. The topological polar surface area (TPSA) is 32.3 Å². The number of hydrogen-bond donors (Lipinski definition) is 2. The minimum Gasteiger partial charge on any atom is -0.291 e. The van der Waals surface area contributed by atoms with E-state index in [4.69, 9.17) is 5.21 Å². The van der Waals surface area contributed by atoms with Crippen molar-refractivity contribution in [1.82, 2.24) is 5.48 Å². The summed E-state index contributed by atoms with van der Waals surface area (Å²) in [5.74, 6) is 0. The monoisotopic (exact) mass is 165 g/mol. The molecule has 3 heteroatoms. The molecule has 0 saturated carbocycles. The van der Waals surface area contributed by atoms with Crippen LogP contribution in [0.2, 0.25) is 0 Å². The minimum absolute atomic E-state index is 0.394. The zero-order valence-corrected chi connectivity index (χ0v) is 8.38. The lowest BCUT2D eigenvalue weighted by atomic mass is 10.6. The van der Waals surface area contributed by atoms with Gasteiger partial charge in [0.15, 0.2) is 0 Å². The first-order chi connectivity index (χ1) is 4.68. The average molecular weight is 165 g/mol. The molecule has 0 aromatic rings. The Balaban J connectivity index is -0.0000000847. The van der Waals surface area contributed by atoms with Crippen LogP contribution in [-0.4, -0.2) is 10.2 Å². The van der Waals surface area contributed by atoms with Gasteiger partial charge >= 0.3 is 0 Å². The van der Waals surface area contributed by atoms with Crippen molar-refractivity contribution in [3.63, 3.8) is 0 Å². The predicted molar refractivity (Wildman–Crippen MR) is 50.5 cm³/mol. The molecule has 0 atom stereocenters. The van der Waals surface area contributed by atoms with Crippen LogP contribution in [0.15, 0.2) is 0 Å². The van der Waals surface area contributed by atoms with E-state index in [1.165, 1.54) is 6.42 Å². The molecule has 2 nitrogen and oxygen atoms in total. The molecule has 0 spiro atoms. The van der Waals surface area contributed by atoms with E-state index >= 15 is 0 Å². The van der Waals surface area contributed by atoms with E-state index in [9.17, 15) is 0 Å². The van der Waals surface area contributed by atoms with Gasteiger partial charge in [0, 0.05) is 0 Å². The molecule has 2 N–H and O–H groups in total. The van der Waals surface area contributed by atoms with Crippen molar-refractivity contribution in [2.45, 2.75) is 41.0 Å². The Bertz CT molecular complexity index is 57.6. The Kier molecular flexibility index (Phi) is 38.1. The summed E-state index contributed by atoms with van der Waals surface area (Å²) in [5.41, 5.74) is 1.76. The van der Waals surface area contributed by atoms with E-state index in [1.807, 2.05) is 13.8 Å². The molecule has 0 aliphatic heterocycles. The molecule has 10 heavy (non-hydrogen) atoms. The van der Waals surface area contributed by atoms with Gasteiger partial charge < -0.3 is 0 Å². The van der Waals surface area contributed by atoms with Crippen molar-refractivity contribution in [1.29, 1.82) is 0 Å². The van der Waals surface area contributed by atoms with Gasteiger partial charge in [-0.1, -0.05) is 46.3 Å². The largest absolute Gasteiger partial charge is 0.291 e. The molecule has 0 aliphatic carbocycles. The first-order valence-electron chi connectivity index (χ1n) is 3.59. The Labute approximate surface area is 69.6 Å². The van der Waals surface area contributed by atoms with E-state index < -0.39 is 0 Å². The predicted octanol–water partition coefficient (Wildman–Crippen LogP) is 2.76. The molecule has 0 aromatic carbocycles. The smallest absolute Gasteiger partial charge is 0.0970 e. The lowest BCUT2D eigenvalue weighted by Gasteiger charge is -1.83. The zero-order valence-electron chi connectivity index (χ0n) is 7.56. The van der Waals surface area contributed by atoms with Crippen molar-refractivity contribution >= 4 is 17.2 Å². The van der Waals surface area contributed by atoms with Gasteiger partial charge in [0.05, 0.1) is 4.99 Å². The van der Waals surface area contributed by atoms with Crippen LogP contribution in [0.5, 0.6) is 0 Å². The standard InChI is InChI=1S/C3H8.C2H5NOS.C2H6/c1-3-2;1-2(5)3-4;1-2/h3H2,1-2H3;4H,1H3,(H,3,5);1-2H3. The summed E-state index contributed by atoms with van der Waals surface area (Å²) < 4.78 is 0. The molecule has 64 valence electrons. The molecule has 0 saturated heterocycles. The molecule has 0 radical (unpaired) electrons. The van der Waals surface area contributed by atoms with Crippen LogP contribution in [0.25, 0.3) is 0 Å². The van der Waals surface area contributed by atoms with E-state index in [-0.39, 0.29) is 0 Å². The Morgan fingerprint density at radius 3 is 1.50 bits per heavy atom. The highest BCUT2D eigenvalue weighted by molar-refractivity contribution is 7.80. The van der Waals surface area contributed by atoms with Crippen molar-refractivity contribution in [2.75, 3.05) is 0 Å². The summed E-state index contributed by atoms with van der Waals surface area (Å²) in [6.45, 7) is 9.84. The summed E-state index contributed by atoms with van der Waals surface area (Å²) in [6, 6.07) is 0. The summed E-state index contributed by atoms with van der Waals surface area (Å²) in [6.07, 6.45) is 1.25. The van der Waals surface area contributed by atoms with Crippen LogP contribution in [0.3, 0.4) is 0 Å². The lowest BCUT2D eigenvalue weighted by molar-refractivity contribution is 0.236. The third kappa shape index (κ3) is 108. The van der Waals surface area contributed by atoms with Crippen molar-refractivity contribution in [3.05, 3.63) is 0 Å². The molecule has 0 fully saturated rings. The van der Waals surface area contributed by atoms with Gasteiger partial charge in [-0.3, -0.25) is 10.7 Å². The van der Waals surface area contributed by atoms with Crippen molar-refractivity contribution in [2.24, 2.45) is 0 Å². The molecule has 0 aromatic heterocycles. The second-order valence-corrected chi connectivity index (χ2v) is 1.99. The van der Waals surface area contributed by atoms with Gasteiger partial charge in [-0.2, -0.15) is 0 Å². The number of hydrogen-bond acceptors (Lipinski definition) is 2. The third-order valence-electron chi connectivity index (χ3n) is 0.157. The first-order valence-corrected chi connectivity index (χ1v) is 4.00. The summed E-state index contributed by atoms with van der Waals surface area (Å²) in [5, 5.41) is 7.75. The Morgan fingerprint density at radius 2 is 1.50 bits per heavy atom. The average Bonchev–Trinajstić information content (AvgIpc) is 1.94. The molecule has 0 amide bonds. The SMILES string of the molecule is CC.CC(=S)NO.CCC. The fourth-order valence-electron chi connectivity index (χ4n) is 0. The maximum Gasteiger partial charge on any atom is 0.0970 e. The van der Waals surface area contributed by atoms with Crippen LogP contribution in [0.4, 0.5) is 0 Å². The van der Waals surface area contributed by atoms with Crippen LogP contribution in [0.1, 0.15) is 41.0 Å². The van der Waals surface area contributed by atoms with Gasteiger partial charge in [0.1, 0.15) is 0 Å². The van der Waals surface area contributed by atoms with Crippen molar-refractivity contribution in [3.8, 4) is 0 Å². The summed E-state index contributed by atoms with van der Waals surface area (Å²) in [4.78, 5) is 0.394. The number of nitrogens with one attached hydrogen (secondary N) is 1. The fourth-order valence-corrected chi connectivity index (χ4v) is 0. The molecular formula is C7H19NOS. The highest BCUT2D eigenvalue weighted by Gasteiger charge is 1.68. The summed E-state index contributed by atoms with van der Waals surface area (Å²) >= 11 is 4.34. The second kappa shape index (κ2) is 23.2. The normalized spacial score (nSPS) is 5.80. The van der Waals surface area contributed by atoms with Crippen LogP contribution in [0, 0.1) is 0 Å². The molecule has 0 bridgehead atoms. The van der Waals surface area contributed by atoms with Crippen LogP contribution < -0.4 is 5.48 Å². The fraction of sp³-hybridized carbons (Fsp3) is 0.857. The highest BCUT2D eigenvalue weighted by Crippen LogP contribution is 1.56. The van der Waals surface area contributed by atoms with Crippen LogP contribution in [-0.2, 0) is 0 Å². The van der Waals surface area contributed by atoms with E-state index in [0.29, 0.717) is 4.99 Å². The minimum atomic E-state index is 0.394. The van der Waals surface area contributed by atoms with E-state index in [2.05, 4.69) is 26.1 Å². The Hall–Kier alpha value is -0.150. The molecular weight excluding hydrogens is 146 g/mol. The van der Waals surface area contributed by atoms with Gasteiger partial charge in [0.2, 0.25) is 0 Å². The maximum absolute atomic E-state index is 7.75. The zero-order chi connectivity index (χ0) is 8.99. The van der Waals surface area contributed by atoms with Crippen LogP contribution >= 0.6 is 12.2 Å². The number of thiocarbonyl (C=S) groups is 1. The van der Waals surface area contributed by atoms with Crippen molar-refractivity contribution < 1.29 is 5.21 Å². The van der Waals surface area contributed by atoms with Gasteiger partial charge in [-0.05, 0) is 6.92 Å². The van der Waals surface area contributed by atoms with Gasteiger partial charge in [0.25, 0.3) is 0 Å². The number of rotatable bonds is 0. The van der Waals surface area contributed by atoms with E-state index in [0.717, 1.165) is 0 Å². The quantitative estimate of drug-likeness (QED) is 0.427. The Morgan fingerprint density at radius 1 is 1.40 bits per heavy atom. The second-order valence-electron chi connectivity index (χ2n) is 1.38. The number of hydroxylamine groups is 1. The van der Waals surface area contributed by atoms with E-state index in [1.54, 1.807) is 12.4 Å². The molecule has 0 rings (SSSR count). The first kappa shape index (κ1) is 16.4.